The van der Waals surface area contributed by atoms with Crippen molar-refractivity contribution in [2.75, 3.05) is 0 Å². The highest BCUT2D eigenvalue weighted by Crippen LogP contribution is 2.32. The molecule has 1 aromatic carbocycles. The van der Waals surface area contributed by atoms with Gasteiger partial charge in [0.1, 0.15) is 10.8 Å². The molecule has 2 rings (SSSR count). The highest BCUT2D eigenvalue weighted by atomic mass is 35.5. The Kier molecular flexibility index (Phi) is 3.23. The van der Waals surface area contributed by atoms with Crippen molar-refractivity contribution in [2.45, 2.75) is 13.5 Å². The fourth-order valence-corrected chi connectivity index (χ4v) is 2.52. The maximum atomic E-state index is 13.4. The Morgan fingerprint density at radius 3 is 2.88 bits per heavy atom. The van der Waals surface area contributed by atoms with Crippen LogP contribution in [0.15, 0.2) is 17.5 Å². The number of hydrogen-bond donors (Lipinski definition) is 1. The highest BCUT2D eigenvalue weighted by molar-refractivity contribution is 7.13. The van der Waals surface area contributed by atoms with Crippen molar-refractivity contribution >= 4 is 22.9 Å². The number of nitrogens with zero attached hydrogens (tertiary/aromatic N) is 1. The van der Waals surface area contributed by atoms with E-state index in [-0.39, 0.29) is 12.4 Å². The summed E-state index contributed by atoms with van der Waals surface area (Å²) in [5.74, 6) is -0.305. The zero-order valence-electron chi connectivity index (χ0n) is 8.50. The zero-order chi connectivity index (χ0) is 11.7. The fourth-order valence-electron chi connectivity index (χ4n) is 1.31. The van der Waals surface area contributed by atoms with Crippen LogP contribution >= 0.6 is 22.9 Å². The second-order valence-corrected chi connectivity index (χ2v) is 4.65. The van der Waals surface area contributed by atoms with Crippen LogP contribution in [-0.2, 0) is 6.61 Å². The van der Waals surface area contributed by atoms with Gasteiger partial charge in [0.25, 0.3) is 0 Å². The van der Waals surface area contributed by atoms with Gasteiger partial charge < -0.3 is 5.11 Å². The Hall–Kier alpha value is -0.970. The van der Waals surface area contributed by atoms with E-state index in [1.165, 1.54) is 17.4 Å². The molecular weight excluding hydrogens is 249 g/mol. The molecule has 0 aliphatic rings. The van der Waals surface area contributed by atoms with E-state index in [9.17, 15) is 4.39 Å². The molecule has 1 N–H and O–H groups in total. The van der Waals surface area contributed by atoms with Crippen LogP contribution in [0, 0.1) is 12.7 Å². The lowest BCUT2D eigenvalue weighted by Gasteiger charge is -2.03. The van der Waals surface area contributed by atoms with Crippen LogP contribution in [0.5, 0.6) is 0 Å². The predicted molar refractivity (Wildman–Crippen MR) is 63.2 cm³/mol. The molecule has 0 unspecified atom stereocenters. The number of aromatic nitrogens is 1. The molecule has 0 aliphatic heterocycles. The maximum absolute atomic E-state index is 13.4. The number of rotatable bonds is 2. The first-order valence-electron chi connectivity index (χ1n) is 4.63. The average Bonchev–Trinajstić information content (AvgIpc) is 2.71. The molecule has 0 atom stereocenters. The van der Waals surface area contributed by atoms with Gasteiger partial charge in [0.05, 0.1) is 17.3 Å². The number of aliphatic hydroxyl groups excluding tert-OH is 1. The van der Waals surface area contributed by atoms with Crippen LogP contribution in [0.25, 0.3) is 10.6 Å². The smallest absolute Gasteiger partial charge is 0.126 e. The molecule has 0 saturated carbocycles. The normalized spacial score (nSPS) is 10.8. The van der Waals surface area contributed by atoms with Crippen molar-refractivity contribution in [3.05, 3.63) is 39.6 Å². The Morgan fingerprint density at radius 2 is 2.25 bits per heavy atom. The Morgan fingerprint density at radius 1 is 1.50 bits per heavy atom. The monoisotopic (exact) mass is 257 g/mol. The van der Waals surface area contributed by atoms with E-state index >= 15 is 0 Å². The second-order valence-electron chi connectivity index (χ2n) is 3.38. The molecule has 0 spiro atoms. The van der Waals surface area contributed by atoms with Crippen molar-refractivity contribution in [1.82, 2.24) is 4.98 Å². The van der Waals surface area contributed by atoms with Gasteiger partial charge in [0.2, 0.25) is 0 Å². The van der Waals surface area contributed by atoms with Crippen molar-refractivity contribution < 1.29 is 9.50 Å². The third-order valence-electron chi connectivity index (χ3n) is 2.19. The molecule has 0 saturated heterocycles. The minimum atomic E-state index is -0.305. The summed E-state index contributed by atoms with van der Waals surface area (Å²) in [4.78, 5) is 4.15. The molecule has 16 heavy (non-hydrogen) atoms. The quantitative estimate of drug-likeness (QED) is 0.894. The van der Waals surface area contributed by atoms with E-state index in [0.717, 1.165) is 0 Å². The fraction of sp³-hybridized carbons (Fsp3) is 0.182. The van der Waals surface area contributed by atoms with Crippen molar-refractivity contribution in [2.24, 2.45) is 0 Å². The van der Waals surface area contributed by atoms with Gasteiger partial charge in [-0.15, -0.1) is 11.3 Å². The van der Waals surface area contributed by atoms with Gasteiger partial charge >= 0.3 is 0 Å². The van der Waals surface area contributed by atoms with E-state index in [1.54, 1.807) is 18.4 Å². The van der Waals surface area contributed by atoms with Gasteiger partial charge in [-0.3, -0.25) is 0 Å². The minimum Gasteiger partial charge on any atom is -0.390 e. The van der Waals surface area contributed by atoms with Gasteiger partial charge in [0, 0.05) is 10.9 Å². The zero-order valence-corrected chi connectivity index (χ0v) is 10.1. The summed E-state index contributed by atoms with van der Waals surface area (Å²) in [7, 11) is 0. The molecule has 0 fully saturated rings. The second kappa shape index (κ2) is 4.49. The van der Waals surface area contributed by atoms with Gasteiger partial charge in [-0.05, 0) is 24.6 Å². The lowest BCUT2D eigenvalue weighted by molar-refractivity contribution is 0.278. The van der Waals surface area contributed by atoms with Crippen molar-refractivity contribution in [1.29, 1.82) is 0 Å². The number of aryl methyl sites for hydroxylation is 1. The summed E-state index contributed by atoms with van der Waals surface area (Å²) in [6.45, 7) is 1.54. The molecule has 1 aromatic heterocycles. The van der Waals surface area contributed by atoms with E-state index in [4.69, 9.17) is 16.7 Å². The summed E-state index contributed by atoms with van der Waals surface area (Å²) in [5.41, 5.74) is 1.64. The molecule has 84 valence electrons. The van der Waals surface area contributed by atoms with Gasteiger partial charge in [-0.25, -0.2) is 9.37 Å². The van der Waals surface area contributed by atoms with Gasteiger partial charge in [0.15, 0.2) is 0 Å². The Labute approximate surface area is 101 Å². The molecular formula is C11H9ClFNOS. The first-order valence-corrected chi connectivity index (χ1v) is 5.89. The van der Waals surface area contributed by atoms with E-state index in [2.05, 4.69) is 4.98 Å². The maximum Gasteiger partial charge on any atom is 0.126 e. The highest BCUT2D eigenvalue weighted by Gasteiger charge is 2.11. The third kappa shape index (κ3) is 2.09. The van der Waals surface area contributed by atoms with Crippen LogP contribution in [0.2, 0.25) is 5.02 Å². The lowest BCUT2D eigenvalue weighted by atomic mass is 10.1. The molecule has 0 aliphatic carbocycles. The first-order chi connectivity index (χ1) is 7.61. The molecule has 0 amide bonds. The summed E-state index contributed by atoms with van der Waals surface area (Å²) in [6.07, 6.45) is 0. The van der Waals surface area contributed by atoms with Crippen LogP contribution in [0.3, 0.4) is 0 Å². The van der Waals surface area contributed by atoms with Gasteiger partial charge in [-0.2, -0.15) is 0 Å². The largest absolute Gasteiger partial charge is 0.390 e. The predicted octanol–water partition coefficient (Wildman–Crippen LogP) is 3.40. The minimum absolute atomic E-state index is 0.123. The lowest BCUT2D eigenvalue weighted by Crippen LogP contribution is -1.87. The molecule has 1 heterocycles. The summed E-state index contributed by atoms with van der Waals surface area (Å²) in [6, 6.07) is 2.95. The average molecular weight is 258 g/mol. The number of halogens is 2. The number of thiazole rings is 1. The molecule has 0 bridgehead atoms. The number of benzene rings is 1. The van der Waals surface area contributed by atoms with Crippen molar-refractivity contribution in [3.63, 3.8) is 0 Å². The van der Waals surface area contributed by atoms with Crippen LogP contribution in [0.1, 0.15) is 11.3 Å². The van der Waals surface area contributed by atoms with Crippen LogP contribution < -0.4 is 0 Å². The van der Waals surface area contributed by atoms with Crippen molar-refractivity contribution in [3.8, 4) is 10.6 Å². The van der Waals surface area contributed by atoms with E-state index < -0.39 is 0 Å². The van der Waals surface area contributed by atoms with Crippen LogP contribution in [-0.4, -0.2) is 10.1 Å². The number of hydrogen-bond acceptors (Lipinski definition) is 3. The van der Waals surface area contributed by atoms with Crippen LogP contribution in [0.4, 0.5) is 4.39 Å². The molecule has 2 nitrogen and oxygen atoms in total. The van der Waals surface area contributed by atoms with E-state index in [1.807, 2.05) is 0 Å². The standard InChI is InChI=1S/C11H9ClFNOS/c1-6-2-9(12)8(3-10(6)13)11-14-7(4-15)5-16-11/h2-3,5,15H,4H2,1H3. The SMILES string of the molecule is Cc1cc(Cl)c(-c2nc(CO)cs2)cc1F. The Bertz CT molecular complexity index is 527. The summed E-state index contributed by atoms with van der Waals surface area (Å²) in [5, 5.41) is 11.7. The molecule has 5 heteroatoms. The molecule has 0 radical (unpaired) electrons. The third-order valence-corrected chi connectivity index (χ3v) is 3.43. The first kappa shape index (κ1) is 11.5. The van der Waals surface area contributed by atoms with E-state index in [0.29, 0.717) is 26.9 Å². The topological polar surface area (TPSA) is 33.1 Å². The Balaban J connectivity index is 2.51. The number of aliphatic hydroxyl groups is 1. The summed E-state index contributed by atoms with van der Waals surface area (Å²) < 4.78 is 13.4. The van der Waals surface area contributed by atoms with Gasteiger partial charge in [-0.1, -0.05) is 11.6 Å². The summed E-state index contributed by atoms with van der Waals surface area (Å²) >= 11 is 7.36. The molecule has 2 aromatic rings.